The zero-order chi connectivity index (χ0) is 9.97. The molecule has 0 spiro atoms. The first kappa shape index (κ1) is 8.35. The van der Waals surface area contributed by atoms with E-state index in [0.717, 1.165) is 0 Å². The summed E-state index contributed by atoms with van der Waals surface area (Å²) >= 11 is 0. The van der Waals surface area contributed by atoms with Crippen LogP contribution in [0.5, 0.6) is 0 Å². The summed E-state index contributed by atoms with van der Waals surface area (Å²) in [5.74, 6) is 0.911. The first-order valence-corrected chi connectivity index (χ1v) is 3.76. The zero-order valence-electron chi connectivity index (χ0n) is 7.30. The molecule has 2 rings (SSSR count). The minimum Gasteiger partial charge on any atom is -0.368 e. The van der Waals surface area contributed by atoms with Gasteiger partial charge in [0.25, 0.3) is 0 Å². The molecule has 0 saturated carbocycles. The van der Waals surface area contributed by atoms with Crippen LogP contribution in [0.25, 0.3) is 0 Å². The van der Waals surface area contributed by atoms with Crippen molar-refractivity contribution in [1.82, 2.24) is 25.1 Å². The first-order chi connectivity index (χ1) is 6.74. The van der Waals surface area contributed by atoms with E-state index in [-0.39, 0.29) is 17.9 Å². The Morgan fingerprint density at radius 3 is 2.86 bits per heavy atom. The SMILES string of the molecule is Cc1noc(Nc2ncnc(N)n2)n1. The number of rotatable bonds is 2. The molecule has 0 amide bonds. The predicted octanol–water partition coefficient (Wildman–Crippen LogP) is -0.111. The van der Waals surface area contributed by atoms with Gasteiger partial charge >= 0.3 is 6.01 Å². The molecule has 8 nitrogen and oxygen atoms in total. The van der Waals surface area contributed by atoms with Gasteiger partial charge in [-0.3, -0.25) is 5.32 Å². The Morgan fingerprint density at radius 1 is 1.36 bits per heavy atom. The smallest absolute Gasteiger partial charge is 0.328 e. The van der Waals surface area contributed by atoms with Gasteiger partial charge in [-0.25, -0.2) is 9.97 Å². The van der Waals surface area contributed by atoms with E-state index in [4.69, 9.17) is 10.3 Å². The maximum atomic E-state index is 5.35. The number of anilines is 3. The molecule has 0 aliphatic carbocycles. The number of hydrogen-bond donors (Lipinski definition) is 2. The summed E-state index contributed by atoms with van der Waals surface area (Å²) in [5, 5.41) is 6.27. The number of aryl methyl sites for hydroxylation is 1. The van der Waals surface area contributed by atoms with Gasteiger partial charge < -0.3 is 10.3 Å². The van der Waals surface area contributed by atoms with Crippen LogP contribution in [0.3, 0.4) is 0 Å². The molecular weight excluding hydrogens is 186 g/mol. The van der Waals surface area contributed by atoms with Crippen LogP contribution in [0.1, 0.15) is 5.82 Å². The van der Waals surface area contributed by atoms with Crippen molar-refractivity contribution in [3.8, 4) is 0 Å². The summed E-state index contributed by atoms with van der Waals surface area (Å²) in [6.07, 6.45) is 1.29. The molecule has 0 aliphatic rings. The van der Waals surface area contributed by atoms with Gasteiger partial charge in [-0.15, -0.1) is 0 Å². The average molecular weight is 193 g/mol. The largest absolute Gasteiger partial charge is 0.368 e. The van der Waals surface area contributed by atoms with Crippen LogP contribution in [-0.4, -0.2) is 25.1 Å². The Morgan fingerprint density at radius 2 is 2.21 bits per heavy atom. The van der Waals surface area contributed by atoms with E-state index in [9.17, 15) is 0 Å². The van der Waals surface area contributed by atoms with E-state index in [2.05, 4.69) is 30.4 Å². The number of hydrogen-bond acceptors (Lipinski definition) is 8. The van der Waals surface area contributed by atoms with Gasteiger partial charge in [0.05, 0.1) is 0 Å². The lowest BCUT2D eigenvalue weighted by molar-refractivity contribution is 0.428. The summed E-state index contributed by atoms with van der Waals surface area (Å²) in [6, 6.07) is 0.216. The van der Waals surface area contributed by atoms with Crippen LogP contribution in [0.4, 0.5) is 17.9 Å². The highest BCUT2D eigenvalue weighted by atomic mass is 16.5. The van der Waals surface area contributed by atoms with Crippen LogP contribution in [0.2, 0.25) is 0 Å². The summed E-state index contributed by atoms with van der Waals surface area (Å²) in [4.78, 5) is 15.1. The Bertz CT molecular complexity index is 439. The van der Waals surface area contributed by atoms with Crippen molar-refractivity contribution in [2.24, 2.45) is 0 Å². The second-order valence-electron chi connectivity index (χ2n) is 2.44. The summed E-state index contributed by atoms with van der Waals surface area (Å²) in [6.45, 7) is 1.70. The van der Waals surface area contributed by atoms with Gasteiger partial charge in [-0.1, -0.05) is 5.16 Å². The third-order valence-corrected chi connectivity index (χ3v) is 1.34. The van der Waals surface area contributed by atoms with Crippen LogP contribution >= 0.6 is 0 Å². The molecule has 0 bridgehead atoms. The second kappa shape index (κ2) is 3.24. The molecule has 0 unspecified atom stereocenters. The topological polar surface area (TPSA) is 116 Å². The monoisotopic (exact) mass is 193 g/mol. The van der Waals surface area contributed by atoms with E-state index in [0.29, 0.717) is 5.82 Å². The first-order valence-electron chi connectivity index (χ1n) is 3.76. The van der Waals surface area contributed by atoms with Gasteiger partial charge in [0.2, 0.25) is 11.9 Å². The lowest BCUT2D eigenvalue weighted by Gasteiger charge is -1.97. The maximum Gasteiger partial charge on any atom is 0.328 e. The molecule has 0 aliphatic heterocycles. The highest BCUT2D eigenvalue weighted by Crippen LogP contribution is 2.08. The Hall–Kier alpha value is -2.25. The van der Waals surface area contributed by atoms with E-state index >= 15 is 0 Å². The molecule has 0 aromatic carbocycles. The highest BCUT2D eigenvalue weighted by molar-refractivity contribution is 5.40. The molecule has 72 valence electrons. The molecule has 2 aromatic heterocycles. The van der Waals surface area contributed by atoms with Crippen molar-refractivity contribution in [3.05, 3.63) is 12.2 Å². The Labute approximate surface area is 78.6 Å². The quantitative estimate of drug-likeness (QED) is 0.678. The van der Waals surface area contributed by atoms with Crippen molar-refractivity contribution < 1.29 is 4.52 Å². The number of nitrogens with zero attached hydrogens (tertiary/aromatic N) is 5. The molecule has 8 heteroatoms. The molecule has 2 heterocycles. The lowest BCUT2D eigenvalue weighted by atomic mass is 10.7. The van der Waals surface area contributed by atoms with E-state index in [1.807, 2.05) is 0 Å². The third-order valence-electron chi connectivity index (χ3n) is 1.34. The fraction of sp³-hybridized carbons (Fsp3) is 0.167. The van der Waals surface area contributed by atoms with Crippen LogP contribution in [0.15, 0.2) is 10.9 Å². The van der Waals surface area contributed by atoms with Crippen molar-refractivity contribution in [2.75, 3.05) is 11.1 Å². The minimum atomic E-state index is 0.124. The van der Waals surface area contributed by atoms with Crippen LogP contribution < -0.4 is 11.1 Å². The van der Waals surface area contributed by atoms with Crippen LogP contribution in [0, 0.1) is 6.92 Å². The van der Waals surface area contributed by atoms with Gasteiger partial charge in [-0.2, -0.15) is 9.97 Å². The van der Waals surface area contributed by atoms with E-state index < -0.39 is 0 Å². The molecule has 14 heavy (non-hydrogen) atoms. The van der Waals surface area contributed by atoms with Gasteiger partial charge in [0.1, 0.15) is 6.33 Å². The normalized spacial score (nSPS) is 10.1. The minimum absolute atomic E-state index is 0.124. The standard InChI is InChI=1S/C6H7N7O/c1-3-10-6(14-13-3)12-5-9-2-8-4(7)11-5/h2H,1H3,(H3,7,8,9,10,11,12,13). The molecule has 2 aromatic rings. The van der Waals surface area contributed by atoms with Crippen molar-refractivity contribution in [1.29, 1.82) is 0 Å². The van der Waals surface area contributed by atoms with Crippen molar-refractivity contribution in [3.63, 3.8) is 0 Å². The molecule has 0 fully saturated rings. The zero-order valence-corrected chi connectivity index (χ0v) is 7.30. The predicted molar refractivity (Wildman–Crippen MR) is 46.6 cm³/mol. The van der Waals surface area contributed by atoms with Gasteiger partial charge in [0, 0.05) is 0 Å². The third kappa shape index (κ3) is 1.73. The van der Waals surface area contributed by atoms with Crippen molar-refractivity contribution >= 4 is 17.9 Å². The molecule has 3 N–H and O–H groups in total. The van der Waals surface area contributed by atoms with Crippen LogP contribution in [-0.2, 0) is 0 Å². The lowest BCUT2D eigenvalue weighted by Crippen LogP contribution is -2.01. The number of aromatic nitrogens is 5. The molecule has 0 radical (unpaired) electrons. The van der Waals surface area contributed by atoms with E-state index in [1.165, 1.54) is 6.33 Å². The van der Waals surface area contributed by atoms with Gasteiger partial charge in [0.15, 0.2) is 5.82 Å². The van der Waals surface area contributed by atoms with Gasteiger partial charge in [-0.05, 0) is 6.92 Å². The van der Waals surface area contributed by atoms with Crippen molar-refractivity contribution in [2.45, 2.75) is 6.92 Å². The van der Waals surface area contributed by atoms with E-state index in [1.54, 1.807) is 6.92 Å². The highest BCUT2D eigenvalue weighted by Gasteiger charge is 2.04. The fourth-order valence-corrected chi connectivity index (χ4v) is 0.813. The summed E-state index contributed by atoms with van der Waals surface area (Å²) < 4.78 is 4.79. The summed E-state index contributed by atoms with van der Waals surface area (Å²) in [7, 11) is 0. The Kier molecular flexibility index (Phi) is 1.94. The fourth-order valence-electron chi connectivity index (χ4n) is 0.813. The second-order valence-corrected chi connectivity index (χ2v) is 2.44. The summed E-state index contributed by atoms with van der Waals surface area (Å²) in [5.41, 5.74) is 5.35. The maximum absolute atomic E-state index is 5.35. The number of nitrogens with one attached hydrogen (secondary N) is 1. The molecule has 0 atom stereocenters. The molecule has 0 saturated heterocycles. The average Bonchev–Trinajstić information content (AvgIpc) is 2.51. The number of nitrogen functional groups attached to an aromatic ring is 1. The molecular formula is C6H7N7O. The Balaban J connectivity index is 2.18. The number of nitrogens with two attached hydrogens (primary N) is 1.